The van der Waals surface area contributed by atoms with Gasteiger partial charge in [0.15, 0.2) is 0 Å². The van der Waals surface area contributed by atoms with Crippen molar-refractivity contribution in [3.05, 3.63) is 66.5 Å². The van der Waals surface area contributed by atoms with Gasteiger partial charge in [0.05, 0.1) is 0 Å². The first-order valence-corrected chi connectivity index (χ1v) is 8.13. The molecular weight excluding hydrogens is 254 g/mol. The third-order valence-electron chi connectivity index (χ3n) is 2.77. The lowest BCUT2D eigenvalue weighted by atomic mass is 10.2. The van der Waals surface area contributed by atoms with E-state index in [0.717, 1.165) is 38.6 Å². The Morgan fingerprint density at radius 2 is 1.48 bits per heavy atom. The lowest BCUT2D eigenvalue weighted by molar-refractivity contribution is 0.853. The average Bonchev–Trinajstić information content (AvgIpc) is 2.50. The molecule has 0 aromatic heterocycles. The molecule has 1 nitrogen and oxygen atoms in total. The summed E-state index contributed by atoms with van der Waals surface area (Å²) in [4.78, 5) is 0. The van der Waals surface area contributed by atoms with E-state index in [4.69, 9.17) is 5.73 Å². The molecule has 0 spiro atoms. The van der Waals surface area contributed by atoms with Gasteiger partial charge in [-0.25, -0.2) is 0 Å². The van der Waals surface area contributed by atoms with Crippen molar-refractivity contribution in [1.82, 2.24) is 0 Å². The molecule has 0 atom stereocenters. The summed E-state index contributed by atoms with van der Waals surface area (Å²) in [5.74, 6) is 0. The second kappa shape index (κ2) is 18.4. The number of rotatable bonds is 12. The van der Waals surface area contributed by atoms with Gasteiger partial charge in [-0.2, -0.15) is 0 Å². The Bertz CT molecular complexity index is 377. The van der Waals surface area contributed by atoms with Crippen LogP contribution in [0.1, 0.15) is 51.9 Å². The molecule has 0 radical (unpaired) electrons. The zero-order chi connectivity index (χ0) is 15.4. The number of allylic oxidation sites excluding steroid dienone is 9. The van der Waals surface area contributed by atoms with Crippen LogP contribution >= 0.6 is 0 Å². The molecule has 0 rings (SSSR count). The van der Waals surface area contributed by atoms with Crippen molar-refractivity contribution in [2.45, 2.75) is 51.9 Å². The van der Waals surface area contributed by atoms with Crippen molar-refractivity contribution in [1.29, 1.82) is 0 Å². The molecule has 0 fully saturated rings. The van der Waals surface area contributed by atoms with Crippen molar-refractivity contribution in [2.75, 3.05) is 6.54 Å². The molecule has 0 aliphatic carbocycles. The largest absolute Gasteiger partial charge is 0.330 e. The highest BCUT2D eigenvalue weighted by molar-refractivity contribution is 5.06. The molecule has 116 valence electrons. The van der Waals surface area contributed by atoms with Crippen LogP contribution in [0.5, 0.6) is 0 Å². The summed E-state index contributed by atoms with van der Waals surface area (Å²) in [5, 5.41) is 0. The third-order valence-corrected chi connectivity index (χ3v) is 2.77. The first-order valence-electron chi connectivity index (χ1n) is 8.13. The lowest BCUT2D eigenvalue weighted by Crippen LogP contribution is -1.96. The SMILES string of the molecule is CCC/C=C/C/C=C/C=C=CC/C=C/C/C=C/CCCN. The summed E-state index contributed by atoms with van der Waals surface area (Å²) in [5.41, 5.74) is 8.59. The summed E-state index contributed by atoms with van der Waals surface area (Å²) in [6.45, 7) is 2.97. The fourth-order valence-electron chi connectivity index (χ4n) is 1.59. The van der Waals surface area contributed by atoms with Crippen LogP contribution in [0.4, 0.5) is 0 Å². The predicted octanol–water partition coefficient (Wildman–Crippen LogP) is 5.63. The number of unbranched alkanes of at least 4 members (excludes halogenated alkanes) is 2. The Balaban J connectivity index is 3.59. The van der Waals surface area contributed by atoms with Crippen molar-refractivity contribution < 1.29 is 0 Å². The fourth-order valence-corrected chi connectivity index (χ4v) is 1.59. The topological polar surface area (TPSA) is 26.0 Å². The Morgan fingerprint density at radius 3 is 2.24 bits per heavy atom. The molecule has 0 aromatic rings. The van der Waals surface area contributed by atoms with Crippen molar-refractivity contribution in [3.8, 4) is 0 Å². The molecule has 0 saturated carbocycles. The first kappa shape index (κ1) is 19.4. The molecule has 1 heteroatoms. The number of hydrogen-bond acceptors (Lipinski definition) is 1. The molecule has 0 aliphatic rings. The minimum absolute atomic E-state index is 0.779. The average molecular weight is 285 g/mol. The highest BCUT2D eigenvalue weighted by atomic mass is 14.5. The quantitative estimate of drug-likeness (QED) is 0.214. The molecule has 0 saturated heterocycles. The van der Waals surface area contributed by atoms with Gasteiger partial charge in [-0.15, -0.1) is 5.73 Å². The minimum atomic E-state index is 0.779. The second-order valence-electron chi connectivity index (χ2n) is 4.81. The van der Waals surface area contributed by atoms with Crippen LogP contribution in [-0.2, 0) is 0 Å². The second-order valence-corrected chi connectivity index (χ2v) is 4.81. The van der Waals surface area contributed by atoms with Crippen LogP contribution in [0.25, 0.3) is 0 Å². The van der Waals surface area contributed by atoms with Gasteiger partial charge in [-0.3, -0.25) is 0 Å². The first-order chi connectivity index (χ1) is 10.4. The van der Waals surface area contributed by atoms with E-state index in [1.165, 1.54) is 12.8 Å². The minimum Gasteiger partial charge on any atom is -0.330 e. The van der Waals surface area contributed by atoms with Gasteiger partial charge < -0.3 is 5.73 Å². The number of nitrogens with two attached hydrogens (primary N) is 1. The van der Waals surface area contributed by atoms with Gasteiger partial charge in [0.1, 0.15) is 0 Å². The molecule has 0 bridgehead atoms. The van der Waals surface area contributed by atoms with E-state index >= 15 is 0 Å². The van der Waals surface area contributed by atoms with E-state index in [-0.39, 0.29) is 0 Å². The molecule has 0 heterocycles. The fraction of sp³-hybridized carbons (Fsp3) is 0.450. The monoisotopic (exact) mass is 285 g/mol. The Kier molecular flexibility index (Phi) is 17.1. The van der Waals surface area contributed by atoms with E-state index in [0.29, 0.717) is 0 Å². The van der Waals surface area contributed by atoms with E-state index in [1.807, 2.05) is 12.2 Å². The van der Waals surface area contributed by atoms with Gasteiger partial charge >= 0.3 is 0 Å². The van der Waals surface area contributed by atoms with Crippen molar-refractivity contribution in [2.24, 2.45) is 5.73 Å². The lowest BCUT2D eigenvalue weighted by Gasteiger charge is -1.87. The van der Waals surface area contributed by atoms with Gasteiger partial charge in [-0.1, -0.05) is 62.0 Å². The Morgan fingerprint density at radius 1 is 0.810 bits per heavy atom. The molecule has 21 heavy (non-hydrogen) atoms. The van der Waals surface area contributed by atoms with E-state index < -0.39 is 0 Å². The summed E-state index contributed by atoms with van der Waals surface area (Å²) in [6, 6.07) is 0. The van der Waals surface area contributed by atoms with E-state index in [1.54, 1.807) is 0 Å². The standard InChI is InChI=1S/C20H31N/c1-2-3-4-5-6-7-8-9-10-11-12-13-14-15-16-17-18-19-20-21/h4-5,7-9,11,13-14,16-17H,2-3,6,12,15,18-21H2,1H3/b5-4+,8-7+,14-13+,17-16+. The van der Waals surface area contributed by atoms with Crippen molar-refractivity contribution >= 4 is 0 Å². The van der Waals surface area contributed by atoms with Crippen molar-refractivity contribution in [3.63, 3.8) is 0 Å². The van der Waals surface area contributed by atoms with Crippen LogP contribution in [0.15, 0.2) is 66.5 Å². The van der Waals surface area contributed by atoms with Crippen LogP contribution in [0, 0.1) is 0 Å². The van der Waals surface area contributed by atoms with Crippen LogP contribution < -0.4 is 5.73 Å². The van der Waals surface area contributed by atoms with Crippen LogP contribution in [0.2, 0.25) is 0 Å². The summed E-state index contributed by atoms with van der Waals surface area (Å²) < 4.78 is 0. The van der Waals surface area contributed by atoms with Gasteiger partial charge in [0, 0.05) is 0 Å². The summed E-state index contributed by atoms with van der Waals surface area (Å²) in [6.07, 6.45) is 28.9. The number of hydrogen-bond donors (Lipinski definition) is 1. The highest BCUT2D eigenvalue weighted by Crippen LogP contribution is 1.94. The van der Waals surface area contributed by atoms with Gasteiger partial charge in [-0.05, 0) is 57.2 Å². The van der Waals surface area contributed by atoms with E-state index in [2.05, 4.69) is 61.3 Å². The molecule has 0 aliphatic heterocycles. The highest BCUT2D eigenvalue weighted by Gasteiger charge is 1.77. The van der Waals surface area contributed by atoms with Gasteiger partial charge in [0.25, 0.3) is 0 Å². The summed E-state index contributed by atoms with van der Waals surface area (Å²) >= 11 is 0. The van der Waals surface area contributed by atoms with Gasteiger partial charge in [0.2, 0.25) is 0 Å². The zero-order valence-electron chi connectivity index (χ0n) is 13.5. The Labute approximate surface area is 131 Å². The predicted molar refractivity (Wildman–Crippen MR) is 96.3 cm³/mol. The maximum Gasteiger partial charge on any atom is -0.00743 e. The van der Waals surface area contributed by atoms with Crippen LogP contribution in [0.3, 0.4) is 0 Å². The Hall–Kier alpha value is -1.56. The maximum absolute atomic E-state index is 5.42. The smallest absolute Gasteiger partial charge is 0.00743 e. The normalized spacial score (nSPS) is 11.9. The maximum atomic E-state index is 5.42. The third kappa shape index (κ3) is 18.4. The summed E-state index contributed by atoms with van der Waals surface area (Å²) in [7, 11) is 0. The molecule has 2 N–H and O–H groups in total. The zero-order valence-corrected chi connectivity index (χ0v) is 13.5. The van der Waals surface area contributed by atoms with Crippen LogP contribution in [-0.4, -0.2) is 6.54 Å². The van der Waals surface area contributed by atoms with E-state index in [9.17, 15) is 0 Å². The molecule has 0 aromatic carbocycles. The molecule has 0 amide bonds. The molecule has 0 unspecified atom stereocenters. The molecular formula is C20H31N.